The number of fused-ring (bicyclic) bond motifs is 1. The third-order valence-electron chi connectivity index (χ3n) is 5.97. The molecule has 0 saturated carbocycles. The normalized spacial score (nSPS) is 11.4. The third-order valence-corrected chi connectivity index (χ3v) is 5.97. The van der Waals surface area contributed by atoms with Crippen LogP contribution in [0, 0.1) is 26.7 Å². The van der Waals surface area contributed by atoms with Crippen molar-refractivity contribution >= 4 is 10.8 Å². The van der Waals surface area contributed by atoms with Crippen LogP contribution < -0.4 is 4.57 Å². The number of rotatable bonds is 4. The van der Waals surface area contributed by atoms with Crippen LogP contribution in [0.4, 0.5) is 0 Å². The maximum atomic E-state index is 4.77. The zero-order chi connectivity index (χ0) is 21.4. The first-order chi connectivity index (χ1) is 14.3. The topological polar surface area (TPSA) is 16.8 Å². The second kappa shape index (κ2) is 8.02. The molecule has 2 heteroatoms. The molecule has 0 N–H and O–H groups in total. The number of hydrogen-bond donors (Lipinski definition) is 0. The van der Waals surface area contributed by atoms with Gasteiger partial charge in [0.05, 0.1) is 16.6 Å². The molecule has 2 aromatic heterocycles. The highest BCUT2D eigenvalue weighted by atomic mass is 14.9. The Bertz CT molecular complexity index is 1220. The van der Waals surface area contributed by atoms with Crippen molar-refractivity contribution in [3.8, 4) is 22.5 Å². The maximum Gasteiger partial charge on any atom is 0.220 e. The first-order valence-electron chi connectivity index (χ1n) is 10.8. The predicted octanol–water partition coefficient (Wildman–Crippen LogP) is 6.52. The Morgan fingerprint density at radius 3 is 2.43 bits per heavy atom. The van der Waals surface area contributed by atoms with Crippen LogP contribution >= 0.6 is 0 Å². The molecule has 0 fully saturated rings. The van der Waals surface area contributed by atoms with E-state index in [1.807, 2.05) is 6.20 Å². The first kappa shape index (κ1) is 20.3. The van der Waals surface area contributed by atoms with E-state index >= 15 is 0 Å². The van der Waals surface area contributed by atoms with Crippen LogP contribution in [0.5, 0.6) is 0 Å². The smallest absolute Gasteiger partial charge is 0.220 e. The standard InChI is InChI=1S/C28H31N2/c1-18(2)13-22-7-10-27(29-17-22)24-9-8-23-11-12-30(6)28(26(23)16-24)25-15-19(3)14-20(4)21(25)5/h7-12,14-18H,13H2,1-6H3/q+1. The van der Waals surface area contributed by atoms with E-state index in [2.05, 4.69) is 101 Å². The number of benzene rings is 2. The molecule has 152 valence electrons. The molecule has 0 radical (unpaired) electrons. The van der Waals surface area contributed by atoms with Crippen LogP contribution in [0.2, 0.25) is 0 Å². The van der Waals surface area contributed by atoms with Gasteiger partial charge < -0.3 is 0 Å². The highest BCUT2D eigenvalue weighted by molar-refractivity contribution is 5.96. The fourth-order valence-corrected chi connectivity index (χ4v) is 4.33. The molecule has 0 spiro atoms. The van der Waals surface area contributed by atoms with E-state index in [9.17, 15) is 0 Å². The molecule has 4 rings (SSSR count). The molecule has 2 heterocycles. The van der Waals surface area contributed by atoms with Gasteiger partial charge >= 0.3 is 0 Å². The lowest BCUT2D eigenvalue weighted by molar-refractivity contribution is -0.659. The minimum Gasteiger partial charge on any atom is -0.256 e. The van der Waals surface area contributed by atoms with E-state index in [4.69, 9.17) is 4.98 Å². The summed E-state index contributed by atoms with van der Waals surface area (Å²) in [5, 5.41) is 2.51. The minimum absolute atomic E-state index is 0.641. The van der Waals surface area contributed by atoms with Gasteiger partial charge in [-0.25, -0.2) is 4.57 Å². The molecular formula is C28H31N2+. The van der Waals surface area contributed by atoms with Gasteiger partial charge in [0.15, 0.2) is 6.20 Å². The fourth-order valence-electron chi connectivity index (χ4n) is 4.33. The largest absolute Gasteiger partial charge is 0.256 e. The van der Waals surface area contributed by atoms with E-state index in [1.165, 1.54) is 44.3 Å². The van der Waals surface area contributed by atoms with Crippen molar-refractivity contribution in [1.29, 1.82) is 0 Å². The van der Waals surface area contributed by atoms with Gasteiger partial charge in [-0.2, -0.15) is 0 Å². The third kappa shape index (κ3) is 3.87. The summed E-state index contributed by atoms with van der Waals surface area (Å²) < 4.78 is 2.24. The van der Waals surface area contributed by atoms with Gasteiger partial charge in [-0.05, 0) is 73.4 Å². The summed E-state index contributed by atoms with van der Waals surface area (Å²) in [6.07, 6.45) is 5.25. The quantitative estimate of drug-likeness (QED) is 0.360. The summed E-state index contributed by atoms with van der Waals surface area (Å²) in [6.45, 7) is 11.1. The highest BCUT2D eigenvalue weighted by Crippen LogP contribution is 2.32. The maximum absolute atomic E-state index is 4.77. The number of aromatic nitrogens is 2. The molecule has 2 aromatic carbocycles. The van der Waals surface area contributed by atoms with Gasteiger partial charge in [-0.3, -0.25) is 4.98 Å². The zero-order valence-electron chi connectivity index (χ0n) is 19.0. The van der Waals surface area contributed by atoms with Crippen molar-refractivity contribution in [2.75, 3.05) is 0 Å². The zero-order valence-corrected chi connectivity index (χ0v) is 19.0. The van der Waals surface area contributed by atoms with Crippen LogP contribution in [0.25, 0.3) is 33.3 Å². The fraction of sp³-hybridized carbons (Fsp3) is 0.286. The Morgan fingerprint density at radius 1 is 0.933 bits per heavy atom. The Balaban J connectivity index is 1.88. The highest BCUT2D eigenvalue weighted by Gasteiger charge is 2.19. The Kier molecular flexibility index (Phi) is 5.42. The lowest BCUT2D eigenvalue weighted by atomic mass is 9.93. The molecule has 0 atom stereocenters. The Hall–Kier alpha value is -3.00. The molecule has 0 amide bonds. The average Bonchev–Trinajstić information content (AvgIpc) is 2.71. The summed E-state index contributed by atoms with van der Waals surface area (Å²) in [4.78, 5) is 4.77. The molecule has 0 bridgehead atoms. The van der Waals surface area contributed by atoms with E-state index < -0.39 is 0 Å². The molecule has 30 heavy (non-hydrogen) atoms. The van der Waals surface area contributed by atoms with E-state index in [0.29, 0.717) is 5.92 Å². The van der Waals surface area contributed by atoms with E-state index in [1.54, 1.807) is 0 Å². The van der Waals surface area contributed by atoms with Gasteiger partial charge in [-0.1, -0.05) is 43.7 Å². The van der Waals surface area contributed by atoms with Crippen LogP contribution in [-0.2, 0) is 13.5 Å². The SMILES string of the molecule is Cc1cc(C)c(C)c(-c2c3cc(-c4ccc(CC(C)C)cn4)ccc3cc[n+]2C)c1. The molecule has 2 nitrogen and oxygen atoms in total. The van der Waals surface area contributed by atoms with Crippen molar-refractivity contribution in [2.24, 2.45) is 13.0 Å². The van der Waals surface area contributed by atoms with Gasteiger partial charge in [-0.15, -0.1) is 0 Å². The molecule has 0 aliphatic carbocycles. The predicted molar refractivity (Wildman–Crippen MR) is 127 cm³/mol. The van der Waals surface area contributed by atoms with Crippen molar-refractivity contribution in [3.05, 3.63) is 83.2 Å². The summed E-state index contributed by atoms with van der Waals surface area (Å²) in [7, 11) is 2.14. The van der Waals surface area contributed by atoms with Crippen molar-refractivity contribution in [2.45, 2.75) is 41.0 Å². The average molecular weight is 396 g/mol. The molecular weight excluding hydrogens is 364 g/mol. The molecule has 0 saturated heterocycles. The second-order valence-electron chi connectivity index (χ2n) is 8.98. The second-order valence-corrected chi connectivity index (χ2v) is 8.98. The minimum atomic E-state index is 0.641. The molecule has 0 unspecified atom stereocenters. The Morgan fingerprint density at radius 2 is 1.73 bits per heavy atom. The molecule has 4 aromatic rings. The number of hydrogen-bond acceptors (Lipinski definition) is 1. The van der Waals surface area contributed by atoms with E-state index in [0.717, 1.165) is 17.7 Å². The molecule has 0 aliphatic heterocycles. The first-order valence-corrected chi connectivity index (χ1v) is 10.8. The summed E-state index contributed by atoms with van der Waals surface area (Å²) in [5.74, 6) is 0.641. The van der Waals surface area contributed by atoms with Crippen LogP contribution in [0.1, 0.15) is 36.1 Å². The van der Waals surface area contributed by atoms with Crippen LogP contribution in [-0.4, -0.2) is 4.98 Å². The van der Waals surface area contributed by atoms with Gasteiger partial charge in [0.25, 0.3) is 0 Å². The van der Waals surface area contributed by atoms with Crippen molar-refractivity contribution in [3.63, 3.8) is 0 Å². The van der Waals surface area contributed by atoms with Gasteiger partial charge in [0.2, 0.25) is 5.69 Å². The van der Waals surface area contributed by atoms with E-state index in [-0.39, 0.29) is 0 Å². The Labute approximate surface area is 180 Å². The van der Waals surface area contributed by atoms with Crippen LogP contribution in [0.3, 0.4) is 0 Å². The number of aryl methyl sites for hydroxylation is 3. The lowest BCUT2D eigenvalue weighted by Gasteiger charge is -2.12. The number of nitrogens with zero attached hydrogens (tertiary/aromatic N) is 2. The lowest BCUT2D eigenvalue weighted by Crippen LogP contribution is -2.30. The molecule has 0 aliphatic rings. The summed E-state index contributed by atoms with van der Waals surface area (Å²) >= 11 is 0. The summed E-state index contributed by atoms with van der Waals surface area (Å²) in [6, 6.07) is 17.8. The van der Waals surface area contributed by atoms with Crippen LogP contribution in [0.15, 0.2) is 60.9 Å². The monoisotopic (exact) mass is 395 g/mol. The van der Waals surface area contributed by atoms with Crippen molar-refractivity contribution < 1.29 is 4.57 Å². The van der Waals surface area contributed by atoms with Gasteiger partial charge in [0.1, 0.15) is 7.05 Å². The van der Waals surface area contributed by atoms with Crippen molar-refractivity contribution in [1.82, 2.24) is 4.98 Å². The van der Waals surface area contributed by atoms with Gasteiger partial charge in [0, 0.05) is 17.8 Å². The number of pyridine rings is 2. The summed E-state index contributed by atoms with van der Waals surface area (Å²) in [5.41, 5.74) is 10.0.